The van der Waals surface area contributed by atoms with Crippen LogP contribution in [0.2, 0.25) is 0 Å². The summed E-state index contributed by atoms with van der Waals surface area (Å²) in [5.74, 6) is -0.385. The number of carboxylic acids is 1. The molecular formula is C23H16NO3-. The molecule has 0 saturated heterocycles. The highest BCUT2D eigenvalue weighted by Gasteiger charge is 2.05. The van der Waals surface area contributed by atoms with Gasteiger partial charge in [0.2, 0.25) is 0 Å². The van der Waals surface area contributed by atoms with Crippen LogP contribution in [0.5, 0.6) is 5.75 Å². The minimum atomic E-state index is -1.21. The van der Waals surface area contributed by atoms with Crippen LogP contribution in [0, 0.1) is 0 Å². The first kappa shape index (κ1) is 16.8. The molecule has 0 saturated carbocycles. The highest BCUT2D eigenvalue weighted by atomic mass is 16.5. The number of hydrogen-bond acceptors (Lipinski definition) is 4. The summed E-state index contributed by atoms with van der Waals surface area (Å²) < 4.78 is 5.25. The average Bonchev–Trinajstić information content (AvgIpc) is 2.70. The molecule has 3 aromatic carbocycles. The predicted octanol–water partition coefficient (Wildman–Crippen LogP) is 3.93. The molecule has 0 unspecified atom stereocenters. The summed E-state index contributed by atoms with van der Waals surface area (Å²) in [6.45, 7) is 0. The first-order valence-corrected chi connectivity index (χ1v) is 8.51. The molecule has 0 aliphatic carbocycles. The highest BCUT2D eigenvalue weighted by molar-refractivity contribution is 6.02. The first-order valence-electron chi connectivity index (χ1n) is 8.51. The standard InChI is InChI=1S/C23H17NO3/c1-27-19-11-9-16-12-15(6-8-17(16)13-19)7-10-18-14-21(23(25)26)20-4-2-3-5-22(20)24-18/h2-14H,1H3,(H,25,26)/p-1/b10-7+. The molecule has 4 nitrogen and oxygen atoms in total. The van der Waals surface area contributed by atoms with Crippen LogP contribution in [0.4, 0.5) is 0 Å². The SMILES string of the molecule is COc1ccc2cc(/C=C/c3cc(C(=O)[O-])c4ccccc4n3)ccc2c1. The highest BCUT2D eigenvalue weighted by Crippen LogP contribution is 2.23. The normalized spacial score (nSPS) is 11.3. The summed E-state index contributed by atoms with van der Waals surface area (Å²) in [6.07, 6.45) is 3.73. The van der Waals surface area contributed by atoms with Gasteiger partial charge >= 0.3 is 0 Å². The molecule has 0 fully saturated rings. The van der Waals surface area contributed by atoms with Crippen molar-refractivity contribution in [3.8, 4) is 5.75 Å². The number of ether oxygens (including phenoxy) is 1. The van der Waals surface area contributed by atoms with E-state index in [0.29, 0.717) is 16.6 Å². The van der Waals surface area contributed by atoms with Crippen LogP contribution in [0.15, 0.2) is 66.7 Å². The minimum absolute atomic E-state index is 0.144. The maximum Gasteiger partial charge on any atom is 0.119 e. The lowest BCUT2D eigenvalue weighted by Gasteiger charge is -2.08. The van der Waals surface area contributed by atoms with E-state index in [1.54, 1.807) is 31.4 Å². The van der Waals surface area contributed by atoms with E-state index >= 15 is 0 Å². The van der Waals surface area contributed by atoms with Crippen LogP contribution in [-0.2, 0) is 0 Å². The smallest absolute Gasteiger partial charge is 0.119 e. The van der Waals surface area contributed by atoms with Crippen molar-refractivity contribution in [1.82, 2.24) is 4.98 Å². The van der Waals surface area contributed by atoms with Gasteiger partial charge < -0.3 is 14.6 Å². The number of benzene rings is 3. The molecule has 0 radical (unpaired) electrons. The molecule has 0 bridgehead atoms. The van der Waals surface area contributed by atoms with Gasteiger partial charge in [-0.05, 0) is 52.7 Å². The number of nitrogens with zero attached hydrogens (tertiary/aromatic N) is 1. The number of aromatic nitrogens is 1. The lowest BCUT2D eigenvalue weighted by atomic mass is 10.0. The van der Waals surface area contributed by atoms with Crippen molar-refractivity contribution >= 4 is 39.8 Å². The van der Waals surface area contributed by atoms with Crippen molar-refractivity contribution in [1.29, 1.82) is 0 Å². The Morgan fingerprint density at radius 3 is 2.56 bits per heavy atom. The van der Waals surface area contributed by atoms with E-state index in [4.69, 9.17) is 4.74 Å². The van der Waals surface area contributed by atoms with E-state index in [-0.39, 0.29) is 5.56 Å². The maximum atomic E-state index is 11.5. The number of para-hydroxylation sites is 1. The topological polar surface area (TPSA) is 62.2 Å². The van der Waals surface area contributed by atoms with E-state index < -0.39 is 5.97 Å². The molecule has 4 aromatic rings. The monoisotopic (exact) mass is 354 g/mol. The number of hydrogen-bond donors (Lipinski definition) is 0. The molecular weight excluding hydrogens is 338 g/mol. The number of carboxylic acid groups (broad SMARTS) is 1. The molecule has 4 heteroatoms. The first-order chi connectivity index (χ1) is 13.1. The Bertz CT molecular complexity index is 1190. The van der Waals surface area contributed by atoms with E-state index in [2.05, 4.69) is 11.1 Å². The Kier molecular flexibility index (Phi) is 4.30. The van der Waals surface area contributed by atoms with E-state index in [0.717, 1.165) is 22.1 Å². The molecule has 27 heavy (non-hydrogen) atoms. The van der Waals surface area contributed by atoms with Gasteiger partial charge in [-0.25, -0.2) is 4.98 Å². The number of rotatable bonds is 4. The molecule has 4 rings (SSSR count). The van der Waals surface area contributed by atoms with Gasteiger partial charge in [0, 0.05) is 10.9 Å². The van der Waals surface area contributed by atoms with Crippen molar-refractivity contribution < 1.29 is 14.6 Å². The van der Waals surface area contributed by atoms with E-state index in [1.165, 1.54) is 0 Å². The van der Waals surface area contributed by atoms with Crippen molar-refractivity contribution in [3.05, 3.63) is 83.6 Å². The summed E-state index contributed by atoms with van der Waals surface area (Å²) in [7, 11) is 1.65. The maximum absolute atomic E-state index is 11.5. The predicted molar refractivity (Wildman–Crippen MR) is 106 cm³/mol. The fourth-order valence-corrected chi connectivity index (χ4v) is 3.10. The number of aromatic carboxylic acids is 1. The zero-order valence-electron chi connectivity index (χ0n) is 14.7. The third-order valence-corrected chi connectivity index (χ3v) is 4.47. The second-order valence-corrected chi connectivity index (χ2v) is 6.21. The number of methoxy groups -OCH3 is 1. The Balaban J connectivity index is 1.72. The zero-order valence-corrected chi connectivity index (χ0v) is 14.7. The van der Waals surface area contributed by atoms with Crippen molar-refractivity contribution in [2.24, 2.45) is 0 Å². The van der Waals surface area contributed by atoms with Crippen molar-refractivity contribution in [2.45, 2.75) is 0 Å². The summed E-state index contributed by atoms with van der Waals surface area (Å²) in [4.78, 5) is 16.0. The number of fused-ring (bicyclic) bond motifs is 2. The summed E-state index contributed by atoms with van der Waals surface area (Å²) >= 11 is 0. The fraction of sp³-hybridized carbons (Fsp3) is 0.0435. The quantitative estimate of drug-likeness (QED) is 0.557. The molecule has 1 heterocycles. The largest absolute Gasteiger partial charge is 0.545 e. The molecule has 0 N–H and O–H groups in total. The third-order valence-electron chi connectivity index (χ3n) is 4.47. The number of carbonyl (C=O) groups excluding carboxylic acids is 1. The third kappa shape index (κ3) is 3.37. The summed E-state index contributed by atoms with van der Waals surface area (Å²) in [6, 6.07) is 20.7. The number of carbonyl (C=O) groups is 1. The zero-order chi connectivity index (χ0) is 18.8. The van der Waals surface area contributed by atoms with Crippen LogP contribution in [0.3, 0.4) is 0 Å². The molecule has 0 atom stereocenters. The number of pyridine rings is 1. The van der Waals surface area contributed by atoms with Gasteiger partial charge in [-0.3, -0.25) is 0 Å². The average molecular weight is 354 g/mol. The minimum Gasteiger partial charge on any atom is -0.545 e. The van der Waals surface area contributed by atoms with E-state index in [9.17, 15) is 9.90 Å². The van der Waals surface area contributed by atoms with Crippen LogP contribution in [0.1, 0.15) is 21.6 Å². The van der Waals surface area contributed by atoms with Gasteiger partial charge in [-0.2, -0.15) is 0 Å². The second-order valence-electron chi connectivity index (χ2n) is 6.21. The van der Waals surface area contributed by atoms with Crippen LogP contribution < -0.4 is 9.84 Å². The van der Waals surface area contributed by atoms with Crippen LogP contribution in [-0.4, -0.2) is 18.1 Å². The van der Waals surface area contributed by atoms with Crippen LogP contribution >= 0.6 is 0 Å². The van der Waals surface area contributed by atoms with Gasteiger partial charge in [0.1, 0.15) is 5.75 Å². The summed E-state index contributed by atoms with van der Waals surface area (Å²) in [5, 5.41) is 14.2. The van der Waals surface area contributed by atoms with Crippen LogP contribution in [0.25, 0.3) is 33.8 Å². The Labute approximate surface area is 156 Å². The van der Waals surface area contributed by atoms with Crippen molar-refractivity contribution in [3.63, 3.8) is 0 Å². The Morgan fingerprint density at radius 1 is 0.963 bits per heavy atom. The van der Waals surface area contributed by atoms with Gasteiger partial charge in [0.15, 0.2) is 0 Å². The lowest BCUT2D eigenvalue weighted by molar-refractivity contribution is -0.254. The molecule has 0 amide bonds. The molecule has 0 aliphatic rings. The second kappa shape index (κ2) is 6.92. The molecule has 132 valence electrons. The molecule has 0 spiro atoms. The van der Waals surface area contributed by atoms with Gasteiger partial charge in [-0.15, -0.1) is 0 Å². The van der Waals surface area contributed by atoms with Gasteiger partial charge in [0.25, 0.3) is 0 Å². The van der Waals surface area contributed by atoms with Crippen molar-refractivity contribution in [2.75, 3.05) is 7.11 Å². The molecule has 0 aliphatic heterocycles. The Hall–Kier alpha value is -3.66. The van der Waals surface area contributed by atoms with Gasteiger partial charge in [-0.1, -0.05) is 42.5 Å². The van der Waals surface area contributed by atoms with E-state index in [1.807, 2.05) is 48.6 Å². The lowest BCUT2D eigenvalue weighted by Crippen LogP contribution is -2.22. The summed E-state index contributed by atoms with van der Waals surface area (Å²) in [5.41, 5.74) is 2.34. The molecule has 1 aromatic heterocycles. The van der Waals surface area contributed by atoms with Gasteiger partial charge in [0.05, 0.1) is 24.3 Å². The Morgan fingerprint density at radius 2 is 1.74 bits per heavy atom. The fourth-order valence-electron chi connectivity index (χ4n) is 3.10.